The second kappa shape index (κ2) is 4.78. The molecule has 0 saturated carbocycles. The lowest BCUT2D eigenvalue weighted by Gasteiger charge is -2.35. The van der Waals surface area contributed by atoms with E-state index in [0.717, 1.165) is 31.1 Å². The average molecular weight is 248 g/mol. The largest absolute Gasteiger partial charge is 0.454 e. The summed E-state index contributed by atoms with van der Waals surface area (Å²) in [5, 5.41) is 0. The van der Waals surface area contributed by atoms with Crippen LogP contribution in [-0.4, -0.2) is 30.8 Å². The Kier molecular flexibility index (Phi) is 3.14. The maximum absolute atomic E-state index is 6.13. The van der Waals surface area contributed by atoms with E-state index in [2.05, 4.69) is 24.0 Å². The van der Waals surface area contributed by atoms with Crippen LogP contribution < -0.4 is 15.2 Å². The van der Waals surface area contributed by atoms with Gasteiger partial charge in [-0.15, -0.1) is 0 Å². The number of benzene rings is 1. The lowest BCUT2D eigenvalue weighted by atomic mass is 9.94. The summed E-state index contributed by atoms with van der Waals surface area (Å²) in [6.45, 7) is 5.63. The van der Waals surface area contributed by atoms with E-state index in [1.165, 1.54) is 12.0 Å². The summed E-state index contributed by atoms with van der Waals surface area (Å²) in [7, 11) is 0. The van der Waals surface area contributed by atoms with Gasteiger partial charge in [-0.25, -0.2) is 0 Å². The molecule has 0 amide bonds. The summed E-state index contributed by atoms with van der Waals surface area (Å²) >= 11 is 0. The molecule has 1 saturated heterocycles. The Bertz CT molecular complexity index is 436. The standard InChI is InChI=1S/C14H20N2O2/c1-10-4-5-16(8-12(10)15)7-11-2-3-13-14(6-11)18-9-17-13/h2-3,6,10,12H,4-5,7-9,15H2,1H3. The molecule has 3 rings (SSSR count). The highest BCUT2D eigenvalue weighted by Gasteiger charge is 2.23. The molecule has 2 N–H and O–H groups in total. The maximum Gasteiger partial charge on any atom is 0.231 e. The third kappa shape index (κ3) is 2.31. The van der Waals surface area contributed by atoms with E-state index in [4.69, 9.17) is 15.2 Å². The Balaban J connectivity index is 1.66. The second-order valence-electron chi connectivity index (χ2n) is 5.35. The summed E-state index contributed by atoms with van der Waals surface area (Å²) in [4.78, 5) is 2.42. The minimum absolute atomic E-state index is 0.299. The lowest BCUT2D eigenvalue weighted by molar-refractivity contribution is 0.162. The molecule has 2 atom stereocenters. The van der Waals surface area contributed by atoms with Gasteiger partial charge < -0.3 is 15.2 Å². The first-order valence-electron chi connectivity index (χ1n) is 6.59. The third-order valence-electron chi connectivity index (χ3n) is 3.94. The van der Waals surface area contributed by atoms with E-state index in [0.29, 0.717) is 18.8 Å². The zero-order chi connectivity index (χ0) is 12.5. The lowest BCUT2D eigenvalue weighted by Crippen LogP contribution is -2.47. The summed E-state index contributed by atoms with van der Waals surface area (Å²) in [6.07, 6.45) is 1.19. The molecule has 0 aliphatic carbocycles. The van der Waals surface area contributed by atoms with E-state index in [9.17, 15) is 0 Å². The summed E-state index contributed by atoms with van der Waals surface area (Å²) in [6, 6.07) is 6.47. The molecule has 2 unspecified atom stereocenters. The molecule has 1 aromatic rings. The molecule has 0 radical (unpaired) electrons. The molecule has 0 aromatic heterocycles. The number of likely N-dealkylation sites (tertiary alicyclic amines) is 1. The minimum atomic E-state index is 0.299. The van der Waals surface area contributed by atoms with Crippen molar-refractivity contribution in [3.8, 4) is 11.5 Å². The van der Waals surface area contributed by atoms with Crippen LogP contribution in [0.25, 0.3) is 0 Å². The van der Waals surface area contributed by atoms with Crippen molar-refractivity contribution in [2.24, 2.45) is 11.7 Å². The smallest absolute Gasteiger partial charge is 0.231 e. The van der Waals surface area contributed by atoms with Crippen molar-refractivity contribution in [3.63, 3.8) is 0 Å². The number of rotatable bonds is 2. The zero-order valence-electron chi connectivity index (χ0n) is 10.8. The van der Waals surface area contributed by atoms with Gasteiger partial charge in [0, 0.05) is 19.1 Å². The summed E-state index contributed by atoms with van der Waals surface area (Å²) in [5.74, 6) is 2.35. The first-order valence-corrected chi connectivity index (χ1v) is 6.59. The molecule has 18 heavy (non-hydrogen) atoms. The SMILES string of the molecule is CC1CCN(Cc2ccc3c(c2)OCO3)CC1N. The maximum atomic E-state index is 6.13. The van der Waals surface area contributed by atoms with Crippen LogP contribution in [0.15, 0.2) is 18.2 Å². The number of nitrogens with two attached hydrogens (primary N) is 1. The van der Waals surface area contributed by atoms with Gasteiger partial charge >= 0.3 is 0 Å². The quantitative estimate of drug-likeness (QED) is 0.863. The molecule has 1 fully saturated rings. The highest BCUT2D eigenvalue weighted by molar-refractivity contribution is 5.44. The van der Waals surface area contributed by atoms with Crippen LogP contribution in [0.5, 0.6) is 11.5 Å². The number of nitrogens with zero attached hydrogens (tertiary/aromatic N) is 1. The van der Waals surface area contributed by atoms with E-state index >= 15 is 0 Å². The molecular weight excluding hydrogens is 228 g/mol. The van der Waals surface area contributed by atoms with Crippen molar-refractivity contribution in [1.82, 2.24) is 4.90 Å². The van der Waals surface area contributed by atoms with E-state index < -0.39 is 0 Å². The minimum Gasteiger partial charge on any atom is -0.454 e. The van der Waals surface area contributed by atoms with Gasteiger partial charge in [-0.1, -0.05) is 13.0 Å². The molecule has 98 valence electrons. The van der Waals surface area contributed by atoms with Crippen LogP contribution in [-0.2, 0) is 6.54 Å². The highest BCUT2D eigenvalue weighted by atomic mass is 16.7. The highest BCUT2D eigenvalue weighted by Crippen LogP contribution is 2.33. The Hall–Kier alpha value is -1.26. The molecule has 2 aliphatic heterocycles. The van der Waals surface area contributed by atoms with Crippen molar-refractivity contribution in [2.75, 3.05) is 19.9 Å². The fourth-order valence-corrected chi connectivity index (χ4v) is 2.61. The molecular formula is C14H20N2O2. The van der Waals surface area contributed by atoms with Crippen molar-refractivity contribution in [3.05, 3.63) is 23.8 Å². The Morgan fingerprint density at radius 1 is 1.33 bits per heavy atom. The van der Waals surface area contributed by atoms with Crippen molar-refractivity contribution < 1.29 is 9.47 Å². The number of hydrogen-bond donors (Lipinski definition) is 1. The summed E-state index contributed by atoms with van der Waals surface area (Å²) in [5.41, 5.74) is 7.39. The first kappa shape index (κ1) is 11.8. The molecule has 2 aliphatic rings. The van der Waals surface area contributed by atoms with Crippen molar-refractivity contribution >= 4 is 0 Å². The average Bonchev–Trinajstić information content (AvgIpc) is 2.81. The third-order valence-corrected chi connectivity index (χ3v) is 3.94. The Morgan fingerprint density at radius 2 is 2.17 bits per heavy atom. The molecule has 0 bridgehead atoms. The van der Waals surface area contributed by atoms with E-state index in [1.807, 2.05) is 6.07 Å². The zero-order valence-corrected chi connectivity index (χ0v) is 10.8. The Labute approximate surface area is 108 Å². The first-order chi connectivity index (χ1) is 8.72. The van der Waals surface area contributed by atoms with Crippen LogP contribution in [0.4, 0.5) is 0 Å². The number of piperidine rings is 1. The van der Waals surface area contributed by atoms with E-state index in [-0.39, 0.29) is 0 Å². The van der Waals surface area contributed by atoms with Crippen LogP contribution >= 0.6 is 0 Å². The fourth-order valence-electron chi connectivity index (χ4n) is 2.61. The predicted octanol–water partition coefficient (Wildman–Crippen LogP) is 1.58. The van der Waals surface area contributed by atoms with Crippen LogP contribution in [0.1, 0.15) is 18.9 Å². The Morgan fingerprint density at radius 3 is 3.00 bits per heavy atom. The number of fused-ring (bicyclic) bond motifs is 1. The fraction of sp³-hybridized carbons (Fsp3) is 0.571. The summed E-state index contributed by atoms with van der Waals surface area (Å²) < 4.78 is 10.7. The van der Waals surface area contributed by atoms with Gasteiger partial charge in [0.15, 0.2) is 11.5 Å². The molecule has 4 heteroatoms. The second-order valence-corrected chi connectivity index (χ2v) is 5.35. The topological polar surface area (TPSA) is 47.7 Å². The number of hydrogen-bond acceptors (Lipinski definition) is 4. The van der Waals surface area contributed by atoms with Gasteiger partial charge in [0.25, 0.3) is 0 Å². The van der Waals surface area contributed by atoms with Gasteiger partial charge in [-0.05, 0) is 36.6 Å². The molecule has 0 spiro atoms. The molecule has 2 heterocycles. The van der Waals surface area contributed by atoms with Gasteiger partial charge in [-0.3, -0.25) is 4.90 Å². The van der Waals surface area contributed by atoms with Crippen LogP contribution in [0.3, 0.4) is 0 Å². The van der Waals surface area contributed by atoms with Gasteiger partial charge in [0.1, 0.15) is 0 Å². The van der Waals surface area contributed by atoms with E-state index in [1.54, 1.807) is 0 Å². The van der Waals surface area contributed by atoms with Crippen LogP contribution in [0.2, 0.25) is 0 Å². The monoisotopic (exact) mass is 248 g/mol. The van der Waals surface area contributed by atoms with Crippen molar-refractivity contribution in [2.45, 2.75) is 25.9 Å². The normalized spacial score (nSPS) is 27.4. The number of ether oxygens (including phenoxy) is 2. The van der Waals surface area contributed by atoms with Gasteiger partial charge in [-0.2, -0.15) is 0 Å². The molecule has 1 aromatic carbocycles. The predicted molar refractivity (Wildman–Crippen MR) is 69.6 cm³/mol. The van der Waals surface area contributed by atoms with Crippen LogP contribution in [0, 0.1) is 5.92 Å². The van der Waals surface area contributed by atoms with Crippen molar-refractivity contribution in [1.29, 1.82) is 0 Å². The van der Waals surface area contributed by atoms with Gasteiger partial charge in [0.05, 0.1) is 0 Å². The molecule has 4 nitrogen and oxygen atoms in total. The van der Waals surface area contributed by atoms with Gasteiger partial charge in [0.2, 0.25) is 6.79 Å².